The van der Waals surface area contributed by atoms with Gasteiger partial charge < -0.3 is 14.8 Å². The maximum absolute atomic E-state index is 13.5. The molecule has 1 saturated heterocycles. The molecule has 1 aliphatic heterocycles. The molecule has 0 radical (unpaired) electrons. The van der Waals surface area contributed by atoms with Crippen molar-refractivity contribution >= 4 is 28.8 Å². The van der Waals surface area contributed by atoms with Crippen LogP contribution in [-0.2, 0) is 11.3 Å². The predicted molar refractivity (Wildman–Crippen MR) is 129 cm³/mol. The Morgan fingerprint density at radius 2 is 1.66 bits per heavy atom. The molecule has 166 valence electrons. The zero-order chi connectivity index (χ0) is 22.5. The molecule has 2 aromatic carbocycles. The Morgan fingerprint density at radius 1 is 0.969 bits per heavy atom. The minimum absolute atomic E-state index is 0.110. The van der Waals surface area contributed by atoms with Gasteiger partial charge in [-0.3, -0.25) is 9.59 Å². The van der Waals surface area contributed by atoms with Crippen molar-refractivity contribution in [1.29, 1.82) is 0 Å². The number of carbonyl (C=O) groups excluding carboxylic acids is 2. The molecule has 2 heterocycles. The number of benzene rings is 2. The van der Waals surface area contributed by atoms with Crippen LogP contribution in [0.3, 0.4) is 0 Å². The third kappa shape index (κ3) is 4.77. The van der Waals surface area contributed by atoms with Crippen molar-refractivity contribution < 1.29 is 9.59 Å². The molecule has 0 unspecified atom stereocenters. The fraction of sp³-hybridized carbons (Fsp3) is 0.333. The molecule has 0 aliphatic carbocycles. The van der Waals surface area contributed by atoms with Crippen LogP contribution in [0, 0.1) is 6.92 Å². The summed E-state index contributed by atoms with van der Waals surface area (Å²) in [4.78, 5) is 28.4. The summed E-state index contributed by atoms with van der Waals surface area (Å²) in [6, 6.07) is 15.6. The zero-order valence-electron chi connectivity index (χ0n) is 18.9. The summed E-state index contributed by atoms with van der Waals surface area (Å²) < 4.78 is 2.16. The molecule has 5 nitrogen and oxygen atoms in total. The van der Waals surface area contributed by atoms with Gasteiger partial charge in [0, 0.05) is 47.9 Å². The first-order valence-corrected chi connectivity index (χ1v) is 11.5. The van der Waals surface area contributed by atoms with E-state index in [1.807, 2.05) is 42.2 Å². The maximum atomic E-state index is 13.5. The van der Waals surface area contributed by atoms with Crippen LogP contribution in [0.1, 0.15) is 54.1 Å². The quantitative estimate of drug-likeness (QED) is 0.571. The SMILES string of the molecule is CCn1cc(C=C(NC(=O)c2ccc(C)cc2)C(=O)N2CCCCCC2)c2ccccc21. The van der Waals surface area contributed by atoms with Crippen LogP contribution in [0.4, 0.5) is 0 Å². The van der Waals surface area contributed by atoms with Crippen molar-refractivity contribution in [1.82, 2.24) is 14.8 Å². The fourth-order valence-corrected chi connectivity index (χ4v) is 4.30. The second-order valence-corrected chi connectivity index (χ2v) is 8.47. The van der Waals surface area contributed by atoms with Gasteiger partial charge >= 0.3 is 0 Å². The fourth-order valence-electron chi connectivity index (χ4n) is 4.30. The summed E-state index contributed by atoms with van der Waals surface area (Å²) in [7, 11) is 0. The third-order valence-electron chi connectivity index (χ3n) is 6.15. The highest BCUT2D eigenvalue weighted by molar-refractivity contribution is 6.06. The Hall–Kier alpha value is -3.34. The van der Waals surface area contributed by atoms with Crippen molar-refractivity contribution in [3.63, 3.8) is 0 Å². The second kappa shape index (κ2) is 9.86. The van der Waals surface area contributed by atoms with Gasteiger partial charge in [-0.25, -0.2) is 0 Å². The van der Waals surface area contributed by atoms with Gasteiger partial charge in [0.1, 0.15) is 5.70 Å². The largest absolute Gasteiger partial charge is 0.347 e. The van der Waals surface area contributed by atoms with Crippen molar-refractivity contribution in [2.75, 3.05) is 13.1 Å². The molecular weight excluding hydrogens is 398 g/mol. The lowest BCUT2D eigenvalue weighted by Crippen LogP contribution is -2.39. The van der Waals surface area contributed by atoms with Gasteiger partial charge in [0.05, 0.1) is 0 Å². The number of likely N-dealkylation sites (tertiary alicyclic amines) is 1. The molecule has 0 spiro atoms. The van der Waals surface area contributed by atoms with Crippen LogP contribution in [0.15, 0.2) is 60.4 Å². The number of rotatable bonds is 5. The van der Waals surface area contributed by atoms with Crippen LogP contribution in [0.25, 0.3) is 17.0 Å². The van der Waals surface area contributed by atoms with Crippen molar-refractivity contribution in [2.24, 2.45) is 0 Å². The van der Waals surface area contributed by atoms with Crippen LogP contribution in [0.2, 0.25) is 0 Å². The van der Waals surface area contributed by atoms with Gasteiger partial charge in [-0.15, -0.1) is 0 Å². The first-order chi connectivity index (χ1) is 15.6. The van der Waals surface area contributed by atoms with E-state index in [0.29, 0.717) is 11.3 Å². The van der Waals surface area contributed by atoms with E-state index in [1.54, 1.807) is 12.1 Å². The van der Waals surface area contributed by atoms with E-state index >= 15 is 0 Å². The molecule has 3 aromatic rings. The van der Waals surface area contributed by atoms with E-state index in [1.165, 1.54) is 0 Å². The molecule has 0 bridgehead atoms. The summed E-state index contributed by atoms with van der Waals surface area (Å²) in [5, 5.41) is 4.00. The normalized spacial score (nSPS) is 14.9. The number of nitrogens with zero attached hydrogens (tertiary/aromatic N) is 2. The molecule has 1 aromatic heterocycles. The smallest absolute Gasteiger partial charge is 0.270 e. The number of nitrogens with one attached hydrogen (secondary N) is 1. The number of aryl methyl sites for hydroxylation is 2. The average molecular weight is 430 g/mol. The number of amides is 2. The molecule has 4 rings (SSSR count). The van der Waals surface area contributed by atoms with Crippen LogP contribution >= 0.6 is 0 Å². The zero-order valence-corrected chi connectivity index (χ0v) is 18.9. The van der Waals surface area contributed by atoms with Gasteiger partial charge in [-0.2, -0.15) is 0 Å². The van der Waals surface area contributed by atoms with E-state index in [2.05, 4.69) is 35.1 Å². The molecular formula is C27H31N3O2. The predicted octanol–water partition coefficient (Wildman–Crippen LogP) is 5.14. The summed E-state index contributed by atoms with van der Waals surface area (Å²) in [5.74, 6) is -0.376. The summed E-state index contributed by atoms with van der Waals surface area (Å²) in [6.07, 6.45) is 8.18. The summed E-state index contributed by atoms with van der Waals surface area (Å²) >= 11 is 0. The maximum Gasteiger partial charge on any atom is 0.270 e. The lowest BCUT2D eigenvalue weighted by atomic mass is 10.1. The van der Waals surface area contributed by atoms with Crippen molar-refractivity contribution in [2.45, 2.75) is 46.1 Å². The molecule has 2 amide bonds. The Bertz CT molecular complexity index is 1130. The first-order valence-electron chi connectivity index (χ1n) is 11.5. The van der Waals surface area contributed by atoms with Gasteiger partial charge in [0.25, 0.3) is 11.8 Å². The molecule has 0 atom stereocenters. The highest BCUT2D eigenvalue weighted by Gasteiger charge is 2.22. The number of carbonyl (C=O) groups is 2. The lowest BCUT2D eigenvalue weighted by molar-refractivity contribution is -0.127. The Balaban J connectivity index is 1.72. The number of aromatic nitrogens is 1. The molecule has 0 saturated carbocycles. The second-order valence-electron chi connectivity index (χ2n) is 8.47. The van der Waals surface area contributed by atoms with Crippen LogP contribution < -0.4 is 5.32 Å². The third-order valence-corrected chi connectivity index (χ3v) is 6.15. The Labute approximate surface area is 189 Å². The molecule has 1 aliphatic rings. The minimum atomic E-state index is -0.265. The van der Waals surface area contributed by atoms with Gasteiger partial charge in [0.15, 0.2) is 0 Å². The molecule has 5 heteroatoms. The van der Waals surface area contributed by atoms with E-state index < -0.39 is 0 Å². The summed E-state index contributed by atoms with van der Waals surface area (Å²) in [6.45, 7) is 6.38. The minimum Gasteiger partial charge on any atom is -0.347 e. The Kier molecular flexibility index (Phi) is 6.74. The Morgan fingerprint density at radius 3 is 2.34 bits per heavy atom. The van der Waals surface area contributed by atoms with Crippen molar-refractivity contribution in [3.8, 4) is 0 Å². The van der Waals surface area contributed by atoms with E-state index in [-0.39, 0.29) is 11.8 Å². The highest BCUT2D eigenvalue weighted by atomic mass is 16.2. The number of fused-ring (bicyclic) bond motifs is 1. The number of hydrogen-bond donors (Lipinski definition) is 1. The van der Waals surface area contributed by atoms with Crippen LogP contribution in [-0.4, -0.2) is 34.4 Å². The summed E-state index contributed by atoms with van der Waals surface area (Å²) in [5.41, 5.74) is 4.01. The standard InChI is InChI=1S/C27H31N3O2/c1-3-29-19-22(23-10-6-7-11-25(23)29)18-24(27(32)30-16-8-4-5-9-17-30)28-26(31)21-14-12-20(2)13-15-21/h6-7,10-15,18-19H,3-5,8-9,16-17H2,1-2H3,(H,28,31). The van der Waals surface area contributed by atoms with Gasteiger partial charge in [-0.05, 0) is 51.0 Å². The number of para-hydroxylation sites is 1. The molecule has 32 heavy (non-hydrogen) atoms. The topological polar surface area (TPSA) is 54.3 Å². The van der Waals surface area contributed by atoms with E-state index in [9.17, 15) is 9.59 Å². The van der Waals surface area contributed by atoms with E-state index in [0.717, 1.165) is 67.3 Å². The average Bonchev–Trinajstić information content (AvgIpc) is 2.97. The highest BCUT2D eigenvalue weighted by Crippen LogP contribution is 2.24. The van der Waals surface area contributed by atoms with Crippen LogP contribution in [0.5, 0.6) is 0 Å². The molecule has 1 fully saturated rings. The van der Waals surface area contributed by atoms with Gasteiger partial charge in [-0.1, -0.05) is 48.7 Å². The molecule has 1 N–H and O–H groups in total. The van der Waals surface area contributed by atoms with Crippen molar-refractivity contribution in [3.05, 3.63) is 77.1 Å². The monoisotopic (exact) mass is 429 g/mol. The van der Waals surface area contributed by atoms with E-state index in [4.69, 9.17) is 0 Å². The lowest BCUT2D eigenvalue weighted by Gasteiger charge is -2.22. The first kappa shape index (κ1) is 21.9. The number of hydrogen-bond acceptors (Lipinski definition) is 2. The van der Waals surface area contributed by atoms with Gasteiger partial charge in [0.2, 0.25) is 0 Å².